The molecule has 2 rings (SSSR count). The van der Waals surface area contributed by atoms with Crippen LogP contribution in [0.25, 0.3) is 0 Å². The highest BCUT2D eigenvalue weighted by Gasteiger charge is 2.47. The van der Waals surface area contributed by atoms with Crippen molar-refractivity contribution in [3.05, 3.63) is 14.9 Å². The van der Waals surface area contributed by atoms with Crippen LogP contribution in [0.5, 0.6) is 0 Å². The molecule has 1 aliphatic carbocycles. The Kier molecular flexibility index (Phi) is 4.02. The maximum atomic E-state index is 12.7. The smallest absolute Gasteiger partial charge is 0.206 e. The van der Waals surface area contributed by atoms with Gasteiger partial charge in [-0.1, -0.05) is 11.6 Å². The van der Waals surface area contributed by atoms with Crippen molar-refractivity contribution >= 4 is 48.9 Å². The Labute approximate surface area is 130 Å². The molecule has 19 heavy (non-hydrogen) atoms. The standard InChI is InChI=1S/C11H12BrClN2O2S2/c1-11(2,6-14)15(7-3-4-7)19(16,17)9-5-8(13)10(12)18-9/h5,7H,3-4H2,1-2H3. The van der Waals surface area contributed by atoms with Crippen LogP contribution in [-0.2, 0) is 10.0 Å². The van der Waals surface area contributed by atoms with E-state index in [2.05, 4.69) is 22.0 Å². The van der Waals surface area contributed by atoms with Crippen molar-refractivity contribution in [1.29, 1.82) is 5.26 Å². The van der Waals surface area contributed by atoms with Gasteiger partial charge in [0, 0.05) is 6.04 Å². The van der Waals surface area contributed by atoms with Gasteiger partial charge in [-0.05, 0) is 48.7 Å². The monoisotopic (exact) mass is 382 g/mol. The van der Waals surface area contributed by atoms with Crippen LogP contribution in [-0.4, -0.2) is 24.3 Å². The molecule has 1 aromatic heterocycles. The number of thiophene rings is 1. The fraction of sp³-hybridized carbons (Fsp3) is 0.545. The third-order valence-corrected chi connectivity index (χ3v) is 7.89. The molecule has 0 saturated heterocycles. The third-order valence-electron chi connectivity index (χ3n) is 2.84. The number of nitrogens with zero attached hydrogens (tertiary/aromatic N) is 2. The van der Waals surface area contributed by atoms with E-state index < -0.39 is 15.6 Å². The van der Waals surface area contributed by atoms with E-state index in [9.17, 15) is 13.7 Å². The van der Waals surface area contributed by atoms with Gasteiger partial charge in [-0.3, -0.25) is 0 Å². The SMILES string of the molecule is CC(C)(C#N)N(C1CC1)S(=O)(=O)c1cc(Cl)c(Br)s1. The highest BCUT2D eigenvalue weighted by Crippen LogP contribution is 2.42. The molecule has 0 radical (unpaired) electrons. The Bertz CT molecular complexity index is 625. The molecule has 0 spiro atoms. The second-order valence-electron chi connectivity index (χ2n) is 4.89. The van der Waals surface area contributed by atoms with Gasteiger partial charge < -0.3 is 0 Å². The van der Waals surface area contributed by atoms with Crippen molar-refractivity contribution in [2.24, 2.45) is 0 Å². The summed E-state index contributed by atoms with van der Waals surface area (Å²) in [7, 11) is -3.69. The third kappa shape index (κ3) is 2.83. The molecule has 0 bridgehead atoms. The van der Waals surface area contributed by atoms with Gasteiger partial charge in [-0.15, -0.1) is 11.3 Å². The average molecular weight is 384 g/mol. The first-order chi connectivity index (χ1) is 8.70. The summed E-state index contributed by atoms with van der Waals surface area (Å²) in [6, 6.07) is 3.41. The van der Waals surface area contributed by atoms with Crippen molar-refractivity contribution < 1.29 is 8.42 Å². The van der Waals surface area contributed by atoms with Crippen molar-refractivity contribution in [3.63, 3.8) is 0 Å². The van der Waals surface area contributed by atoms with Gasteiger partial charge in [0.2, 0.25) is 0 Å². The Morgan fingerprint density at radius 3 is 2.53 bits per heavy atom. The number of hydrogen-bond donors (Lipinski definition) is 0. The lowest BCUT2D eigenvalue weighted by atomic mass is 10.1. The number of sulfonamides is 1. The Balaban J connectivity index is 2.50. The van der Waals surface area contributed by atoms with Crippen LogP contribution in [0, 0.1) is 11.3 Å². The summed E-state index contributed by atoms with van der Waals surface area (Å²) >= 11 is 10.2. The molecule has 0 atom stereocenters. The molecule has 1 saturated carbocycles. The first-order valence-electron chi connectivity index (χ1n) is 5.61. The Hall–Kier alpha value is -0.130. The van der Waals surface area contributed by atoms with Crippen molar-refractivity contribution in [3.8, 4) is 6.07 Å². The Morgan fingerprint density at radius 1 is 1.58 bits per heavy atom. The van der Waals surface area contributed by atoms with Gasteiger partial charge >= 0.3 is 0 Å². The molecule has 1 fully saturated rings. The predicted octanol–water partition coefficient (Wildman–Crippen LogP) is 3.62. The zero-order valence-electron chi connectivity index (χ0n) is 10.4. The number of halogens is 2. The first-order valence-corrected chi connectivity index (χ1v) is 9.03. The fourth-order valence-corrected chi connectivity index (χ4v) is 6.30. The lowest BCUT2D eigenvalue weighted by Gasteiger charge is -2.31. The van der Waals surface area contributed by atoms with Crippen LogP contribution in [0.15, 0.2) is 14.1 Å². The van der Waals surface area contributed by atoms with E-state index in [-0.39, 0.29) is 10.3 Å². The summed E-state index contributed by atoms with van der Waals surface area (Å²) in [6.45, 7) is 3.24. The zero-order valence-corrected chi connectivity index (χ0v) is 14.3. The van der Waals surface area contributed by atoms with E-state index >= 15 is 0 Å². The van der Waals surface area contributed by atoms with Gasteiger partial charge in [-0.25, -0.2) is 8.42 Å². The summed E-state index contributed by atoms with van der Waals surface area (Å²) in [5.41, 5.74) is -1.07. The minimum absolute atomic E-state index is 0.0840. The Morgan fingerprint density at radius 2 is 2.16 bits per heavy atom. The molecule has 4 nitrogen and oxygen atoms in total. The van der Waals surface area contributed by atoms with Gasteiger partial charge in [-0.2, -0.15) is 9.57 Å². The molecule has 0 amide bonds. The quantitative estimate of drug-likeness (QED) is 0.798. The summed E-state index contributed by atoms with van der Waals surface area (Å²) in [5.74, 6) is 0. The first kappa shape index (κ1) is 15.3. The molecule has 0 unspecified atom stereocenters. The highest BCUT2D eigenvalue weighted by molar-refractivity contribution is 9.11. The van der Waals surface area contributed by atoms with E-state index in [1.165, 1.54) is 10.4 Å². The van der Waals surface area contributed by atoms with Crippen LogP contribution in [0.1, 0.15) is 26.7 Å². The molecule has 0 aliphatic heterocycles. The molecule has 0 N–H and O–H groups in total. The van der Waals surface area contributed by atoms with Crippen LogP contribution < -0.4 is 0 Å². The van der Waals surface area contributed by atoms with E-state index in [1.54, 1.807) is 13.8 Å². The predicted molar refractivity (Wildman–Crippen MR) is 78.8 cm³/mol. The largest absolute Gasteiger partial charge is 0.254 e. The second kappa shape index (κ2) is 5.01. The topological polar surface area (TPSA) is 61.2 Å². The average Bonchev–Trinajstić information content (AvgIpc) is 3.05. The van der Waals surface area contributed by atoms with Gasteiger partial charge in [0.25, 0.3) is 10.0 Å². The molecule has 1 aromatic rings. The number of hydrogen-bond acceptors (Lipinski definition) is 4. The minimum atomic E-state index is -3.69. The van der Waals surface area contributed by atoms with Crippen molar-refractivity contribution in [2.75, 3.05) is 0 Å². The summed E-state index contributed by atoms with van der Waals surface area (Å²) in [6.07, 6.45) is 1.59. The summed E-state index contributed by atoms with van der Waals surface area (Å²) in [4.78, 5) is 0. The van der Waals surface area contributed by atoms with Gasteiger partial charge in [0.1, 0.15) is 9.75 Å². The lowest BCUT2D eigenvalue weighted by Crippen LogP contribution is -2.47. The van der Waals surface area contributed by atoms with Gasteiger partial charge in [0.15, 0.2) is 0 Å². The molecular weight excluding hydrogens is 372 g/mol. The number of nitriles is 1. The van der Waals surface area contributed by atoms with Crippen LogP contribution in [0.4, 0.5) is 0 Å². The molecule has 1 heterocycles. The second-order valence-corrected chi connectivity index (χ2v) is 9.71. The lowest BCUT2D eigenvalue weighted by molar-refractivity contribution is 0.281. The van der Waals surface area contributed by atoms with Gasteiger partial charge in [0.05, 0.1) is 14.9 Å². The van der Waals surface area contributed by atoms with E-state index in [4.69, 9.17) is 11.6 Å². The highest BCUT2D eigenvalue weighted by atomic mass is 79.9. The van der Waals surface area contributed by atoms with Crippen LogP contribution in [0.2, 0.25) is 5.02 Å². The molecule has 8 heteroatoms. The fourth-order valence-electron chi connectivity index (χ4n) is 1.86. The molecule has 104 valence electrons. The zero-order chi connectivity index (χ0) is 14.4. The van der Waals surface area contributed by atoms with Crippen LogP contribution >= 0.6 is 38.9 Å². The van der Waals surface area contributed by atoms with E-state index in [1.807, 2.05) is 0 Å². The molecule has 1 aliphatic rings. The maximum absolute atomic E-state index is 12.7. The normalized spacial score (nSPS) is 16.6. The van der Waals surface area contributed by atoms with E-state index in [0.29, 0.717) is 8.81 Å². The van der Waals surface area contributed by atoms with E-state index in [0.717, 1.165) is 24.2 Å². The van der Waals surface area contributed by atoms with Crippen LogP contribution in [0.3, 0.4) is 0 Å². The van der Waals surface area contributed by atoms with Crippen molar-refractivity contribution in [2.45, 2.75) is 42.5 Å². The minimum Gasteiger partial charge on any atom is -0.206 e. The van der Waals surface area contributed by atoms with Crippen molar-refractivity contribution in [1.82, 2.24) is 4.31 Å². The summed E-state index contributed by atoms with van der Waals surface area (Å²) in [5, 5.41) is 9.59. The maximum Gasteiger partial charge on any atom is 0.254 e. The molecular formula is C11H12BrClN2O2S2. The molecule has 0 aromatic carbocycles. The number of rotatable bonds is 4. The summed E-state index contributed by atoms with van der Waals surface area (Å²) < 4.78 is 27.4.